The van der Waals surface area contributed by atoms with Gasteiger partial charge in [-0.1, -0.05) is 37.3 Å². The van der Waals surface area contributed by atoms with E-state index in [-0.39, 0.29) is 32.3 Å². The number of halogens is 3. The molecule has 0 unspecified atom stereocenters. The number of carboxylic acid groups (broad SMARTS) is 1. The Bertz CT molecular complexity index is 390. The van der Waals surface area contributed by atoms with Gasteiger partial charge in [-0.25, -0.2) is 0 Å². The summed E-state index contributed by atoms with van der Waals surface area (Å²) in [5, 5.41) is 6.89. The zero-order valence-electron chi connectivity index (χ0n) is 12.1. The molecule has 6 heteroatoms. The average molecular weight is 305 g/mol. The Labute approximate surface area is 123 Å². The third kappa shape index (κ3) is 7.13. The summed E-state index contributed by atoms with van der Waals surface area (Å²) < 4.78 is 36.1. The number of benzene rings is 1. The molecule has 120 valence electrons. The largest absolute Gasteiger partial charge is 0.483 e. The number of carbonyl (C=O) groups is 1. The molecule has 3 N–H and O–H groups in total. The van der Waals surface area contributed by atoms with Gasteiger partial charge < -0.3 is 10.8 Å². The standard InChI is InChI=1S/C8H10.C6H10F3N.CH2O2/c1-2-8-6-4-3-5-7-8;7-6(8,9)5(1-2-5)3-4-10;2-1-3/h3-7H,2H2,1H3;1-4,10H2;1H,(H,2,3). The highest BCUT2D eigenvalue weighted by molar-refractivity contribution is 5.32. The van der Waals surface area contributed by atoms with Crippen molar-refractivity contribution >= 4 is 6.47 Å². The maximum atomic E-state index is 12.0. The quantitative estimate of drug-likeness (QED) is 0.838. The Morgan fingerprint density at radius 3 is 1.95 bits per heavy atom. The fourth-order valence-corrected chi connectivity index (χ4v) is 1.82. The Hall–Kier alpha value is -1.56. The monoisotopic (exact) mass is 305 g/mol. The smallest absolute Gasteiger partial charge is 0.394 e. The van der Waals surface area contributed by atoms with Crippen LogP contribution in [0, 0.1) is 5.41 Å². The molecular formula is C15H22F3NO2. The van der Waals surface area contributed by atoms with Crippen LogP contribution in [-0.2, 0) is 11.2 Å². The molecule has 1 aromatic rings. The first-order valence-electron chi connectivity index (χ1n) is 6.75. The van der Waals surface area contributed by atoms with Gasteiger partial charge >= 0.3 is 6.18 Å². The number of rotatable bonds is 3. The predicted molar refractivity (Wildman–Crippen MR) is 75.9 cm³/mol. The van der Waals surface area contributed by atoms with E-state index in [9.17, 15) is 13.2 Å². The van der Waals surface area contributed by atoms with Crippen molar-refractivity contribution in [1.82, 2.24) is 0 Å². The van der Waals surface area contributed by atoms with Crippen molar-refractivity contribution in [1.29, 1.82) is 0 Å². The van der Waals surface area contributed by atoms with Crippen molar-refractivity contribution in [2.24, 2.45) is 11.1 Å². The summed E-state index contributed by atoms with van der Waals surface area (Å²) in [5.41, 5.74) is 5.07. The van der Waals surface area contributed by atoms with E-state index in [1.165, 1.54) is 5.56 Å². The van der Waals surface area contributed by atoms with Gasteiger partial charge in [0.15, 0.2) is 0 Å². The first-order valence-corrected chi connectivity index (χ1v) is 6.75. The first kappa shape index (κ1) is 19.4. The van der Waals surface area contributed by atoms with Crippen LogP contribution in [0.15, 0.2) is 30.3 Å². The third-order valence-electron chi connectivity index (χ3n) is 3.33. The maximum absolute atomic E-state index is 12.0. The van der Waals surface area contributed by atoms with Gasteiger partial charge in [-0.3, -0.25) is 4.79 Å². The van der Waals surface area contributed by atoms with E-state index < -0.39 is 11.6 Å². The van der Waals surface area contributed by atoms with Gasteiger partial charge in [0.05, 0.1) is 5.41 Å². The molecule has 0 saturated heterocycles. The van der Waals surface area contributed by atoms with Gasteiger partial charge in [-0.15, -0.1) is 0 Å². The average Bonchev–Trinajstić information content (AvgIpc) is 3.22. The molecule has 0 aliphatic heterocycles. The Morgan fingerprint density at radius 1 is 1.29 bits per heavy atom. The van der Waals surface area contributed by atoms with E-state index in [1.54, 1.807) is 0 Å². The van der Waals surface area contributed by atoms with Crippen LogP contribution in [0.5, 0.6) is 0 Å². The molecule has 1 saturated carbocycles. The molecule has 1 aliphatic carbocycles. The lowest BCUT2D eigenvalue weighted by Gasteiger charge is -2.17. The molecule has 0 amide bonds. The van der Waals surface area contributed by atoms with Gasteiger partial charge in [-0.2, -0.15) is 13.2 Å². The van der Waals surface area contributed by atoms with Crippen LogP contribution in [0.3, 0.4) is 0 Å². The molecule has 0 heterocycles. The van der Waals surface area contributed by atoms with E-state index in [1.807, 2.05) is 6.07 Å². The second-order valence-corrected chi connectivity index (χ2v) is 4.76. The fourth-order valence-electron chi connectivity index (χ4n) is 1.82. The minimum atomic E-state index is -4.02. The Morgan fingerprint density at radius 2 is 1.76 bits per heavy atom. The summed E-state index contributed by atoms with van der Waals surface area (Å²) in [4.78, 5) is 8.36. The van der Waals surface area contributed by atoms with Crippen molar-refractivity contribution in [3.05, 3.63) is 35.9 Å². The van der Waals surface area contributed by atoms with Crippen LogP contribution in [0.2, 0.25) is 0 Å². The van der Waals surface area contributed by atoms with Crippen molar-refractivity contribution in [3.8, 4) is 0 Å². The highest BCUT2D eigenvalue weighted by Crippen LogP contribution is 2.59. The van der Waals surface area contributed by atoms with E-state index in [4.69, 9.17) is 15.6 Å². The second-order valence-electron chi connectivity index (χ2n) is 4.76. The Kier molecular flexibility index (Phi) is 8.69. The number of nitrogens with two attached hydrogens (primary N) is 1. The summed E-state index contributed by atoms with van der Waals surface area (Å²) in [7, 11) is 0. The maximum Gasteiger partial charge on any atom is 0.394 e. The van der Waals surface area contributed by atoms with Crippen LogP contribution in [0.1, 0.15) is 31.7 Å². The fraction of sp³-hybridized carbons (Fsp3) is 0.533. The first-order chi connectivity index (χ1) is 9.86. The van der Waals surface area contributed by atoms with E-state index >= 15 is 0 Å². The van der Waals surface area contributed by atoms with Crippen LogP contribution in [0.25, 0.3) is 0 Å². The van der Waals surface area contributed by atoms with E-state index in [0.717, 1.165) is 6.42 Å². The topological polar surface area (TPSA) is 63.3 Å². The number of hydrogen-bond donors (Lipinski definition) is 2. The van der Waals surface area contributed by atoms with Crippen LogP contribution in [0.4, 0.5) is 13.2 Å². The SMILES string of the molecule is CCc1ccccc1.NCCC1(C(F)(F)F)CC1.O=CO. The number of hydrogen-bond acceptors (Lipinski definition) is 2. The summed E-state index contributed by atoms with van der Waals surface area (Å²) >= 11 is 0. The highest BCUT2D eigenvalue weighted by atomic mass is 19.4. The van der Waals surface area contributed by atoms with Gasteiger partial charge in [0.25, 0.3) is 6.47 Å². The zero-order valence-corrected chi connectivity index (χ0v) is 12.1. The van der Waals surface area contributed by atoms with Gasteiger partial charge in [0.1, 0.15) is 0 Å². The molecule has 0 aromatic heterocycles. The van der Waals surface area contributed by atoms with Gasteiger partial charge in [-0.05, 0) is 37.8 Å². The van der Waals surface area contributed by atoms with Crippen LogP contribution < -0.4 is 5.73 Å². The summed E-state index contributed by atoms with van der Waals surface area (Å²) in [6.07, 6.45) is -2.24. The lowest BCUT2D eigenvalue weighted by Crippen LogP contribution is -2.26. The van der Waals surface area contributed by atoms with Crippen LogP contribution >= 0.6 is 0 Å². The number of aryl methyl sites for hydroxylation is 1. The van der Waals surface area contributed by atoms with Crippen molar-refractivity contribution in [3.63, 3.8) is 0 Å². The number of alkyl halides is 3. The predicted octanol–water partition coefficient (Wildman–Crippen LogP) is 3.63. The normalized spacial score (nSPS) is 14.9. The summed E-state index contributed by atoms with van der Waals surface area (Å²) in [6, 6.07) is 10.5. The van der Waals surface area contributed by atoms with Crippen molar-refractivity contribution in [2.45, 2.75) is 38.8 Å². The zero-order chi connectivity index (χ0) is 16.4. The Balaban J connectivity index is 0.000000327. The van der Waals surface area contributed by atoms with Gasteiger partial charge in [0.2, 0.25) is 0 Å². The van der Waals surface area contributed by atoms with E-state index in [2.05, 4.69) is 31.2 Å². The molecular weight excluding hydrogens is 283 g/mol. The molecule has 21 heavy (non-hydrogen) atoms. The lowest BCUT2D eigenvalue weighted by molar-refractivity contribution is -0.188. The summed E-state index contributed by atoms with van der Waals surface area (Å²) in [5.74, 6) is 0. The van der Waals surface area contributed by atoms with Crippen LogP contribution in [-0.4, -0.2) is 24.3 Å². The molecule has 2 rings (SSSR count). The summed E-state index contributed by atoms with van der Waals surface area (Å²) in [6.45, 7) is 2.05. The molecule has 0 spiro atoms. The van der Waals surface area contributed by atoms with E-state index in [0.29, 0.717) is 0 Å². The van der Waals surface area contributed by atoms with Crippen molar-refractivity contribution in [2.75, 3.05) is 6.54 Å². The second kappa shape index (κ2) is 9.39. The molecule has 0 bridgehead atoms. The third-order valence-corrected chi connectivity index (χ3v) is 3.33. The molecule has 0 radical (unpaired) electrons. The lowest BCUT2D eigenvalue weighted by atomic mass is 10.0. The molecule has 3 nitrogen and oxygen atoms in total. The molecule has 1 aromatic carbocycles. The highest BCUT2D eigenvalue weighted by Gasteiger charge is 2.62. The molecule has 0 atom stereocenters. The molecule has 1 aliphatic rings. The van der Waals surface area contributed by atoms with Gasteiger partial charge in [0, 0.05) is 0 Å². The van der Waals surface area contributed by atoms with Crippen molar-refractivity contribution < 1.29 is 23.1 Å². The minimum absolute atomic E-state index is 0.0938. The minimum Gasteiger partial charge on any atom is -0.483 e. The molecule has 1 fully saturated rings.